The van der Waals surface area contributed by atoms with E-state index in [0.29, 0.717) is 5.76 Å². The van der Waals surface area contributed by atoms with Crippen LogP contribution in [0.3, 0.4) is 0 Å². The van der Waals surface area contributed by atoms with Gasteiger partial charge in [0.1, 0.15) is 11.9 Å². The maximum atomic E-state index is 12.1. The first-order valence-corrected chi connectivity index (χ1v) is 8.69. The van der Waals surface area contributed by atoms with Gasteiger partial charge in [-0.1, -0.05) is 17.7 Å². The van der Waals surface area contributed by atoms with Crippen LogP contribution in [-0.4, -0.2) is 36.8 Å². The average Bonchev–Trinajstić information content (AvgIpc) is 3.15. The molecule has 134 valence electrons. The van der Waals surface area contributed by atoms with Crippen LogP contribution in [0.5, 0.6) is 0 Å². The van der Waals surface area contributed by atoms with E-state index >= 15 is 0 Å². The van der Waals surface area contributed by atoms with Crippen molar-refractivity contribution in [3.63, 3.8) is 0 Å². The third-order valence-corrected chi connectivity index (χ3v) is 4.48. The monoisotopic (exact) mass is 343 g/mol. The highest BCUT2D eigenvalue weighted by Crippen LogP contribution is 2.20. The lowest BCUT2D eigenvalue weighted by Gasteiger charge is -2.34. The van der Waals surface area contributed by atoms with Crippen molar-refractivity contribution in [3.05, 3.63) is 54.0 Å². The quantitative estimate of drug-likeness (QED) is 0.780. The molecule has 25 heavy (non-hydrogen) atoms. The first-order valence-electron chi connectivity index (χ1n) is 8.69. The van der Waals surface area contributed by atoms with Crippen molar-refractivity contribution in [2.45, 2.75) is 31.9 Å². The van der Waals surface area contributed by atoms with E-state index < -0.39 is 6.10 Å². The number of amides is 2. The van der Waals surface area contributed by atoms with Gasteiger partial charge in [0.2, 0.25) is 0 Å². The molecule has 0 saturated carbocycles. The number of aliphatic hydroxyl groups is 1. The standard InChI is InChI=1S/C19H25N3O3/c1-14-6-8-16(9-7-14)22-10-2-4-15(13-22)21-19(24)20-12-17(23)18-5-3-11-25-18/h3,5-9,11,15,17,23H,2,4,10,12-13H2,1H3,(H2,20,21,24). The molecule has 1 aliphatic rings. The van der Waals surface area contributed by atoms with Crippen LogP contribution in [0, 0.1) is 6.92 Å². The number of carbonyl (C=O) groups is 1. The smallest absolute Gasteiger partial charge is 0.315 e. The van der Waals surface area contributed by atoms with Crippen molar-refractivity contribution < 1.29 is 14.3 Å². The minimum absolute atomic E-state index is 0.0933. The van der Waals surface area contributed by atoms with Gasteiger partial charge in [0, 0.05) is 24.8 Å². The van der Waals surface area contributed by atoms with Crippen LogP contribution in [0.4, 0.5) is 10.5 Å². The molecule has 1 aliphatic heterocycles. The van der Waals surface area contributed by atoms with E-state index in [1.165, 1.54) is 17.5 Å². The maximum Gasteiger partial charge on any atom is 0.315 e. The number of carbonyl (C=O) groups excluding carboxylic acids is 1. The van der Waals surface area contributed by atoms with Crippen LogP contribution < -0.4 is 15.5 Å². The summed E-state index contributed by atoms with van der Waals surface area (Å²) in [5, 5.41) is 15.6. The Kier molecular flexibility index (Phi) is 5.60. The molecule has 2 heterocycles. The van der Waals surface area contributed by atoms with Gasteiger partial charge < -0.3 is 25.1 Å². The highest BCUT2D eigenvalue weighted by atomic mass is 16.4. The molecule has 0 spiro atoms. The van der Waals surface area contributed by atoms with Gasteiger partial charge in [-0.2, -0.15) is 0 Å². The number of piperidine rings is 1. The van der Waals surface area contributed by atoms with Crippen LogP contribution in [0.2, 0.25) is 0 Å². The zero-order chi connectivity index (χ0) is 17.6. The number of aliphatic hydroxyl groups excluding tert-OH is 1. The number of nitrogens with zero attached hydrogens (tertiary/aromatic N) is 1. The Morgan fingerprint density at radius 1 is 1.36 bits per heavy atom. The molecular weight excluding hydrogens is 318 g/mol. The number of urea groups is 1. The summed E-state index contributed by atoms with van der Waals surface area (Å²) in [7, 11) is 0. The predicted molar refractivity (Wildman–Crippen MR) is 96.6 cm³/mol. The Morgan fingerprint density at radius 3 is 2.88 bits per heavy atom. The highest BCUT2D eigenvalue weighted by molar-refractivity contribution is 5.74. The summed E-state index contributed by atoms with van der Waals surface area (Å²) in [5.74, 6) is 0.448. The van der Waals surface area contributed by atoms with E-state index in [-0.39, 0.29) is 18.6 Å². The molecule has 1 aromatic heterocycles. The predicted octanol–water partition coefficient (Wildman–Crippen LogP) is 2.59. The van der Waals surface area contributed by atoms with Crippen LogP contribution in [0.15, 0.2) is 47.1 Å². The van der Waals surface area contributed by atoms with Crippen molar-refractivity contribution in [2.24, 2.45) is 0 Å². The van der Waals surface area contributed by atoms with Gasteiger partial charge in [0.25, 0.3) is 0 Å². The second kappa shape index (κ2) is 8.07. The molecule has 2 amide bonds. The second-order valence-electron chi connectivity index (χ2n) is 6.51. The van der Waals surface area contributed by atoms with Crippen molar-refractivity contribution in [1.29, 1.82) is 0 Å². The molecule has 1 saturated heterocycles. The minimum atomic E-state index is -0.837. The molecule has 6 nitrogen and oxygen atoms in total. The number of nitrogens with one attached hydrogen (secondary N) is 2. The molecule has 0 bridgehead atoms. The summed E-state index contributed by atoms with van der Waals surface area (Å²) in [6.45, 7) is 3.98. The molecule has 1 aromatic carbocycles. The van der Waals surface area contributed by atoms with E-state index in [2.05, 4.69) is 46.7 Å². The Labute approximate surface area is 147 Å². The Morgan fingerprint density at radius 2 is 2.16 bits per heavy atom. The van der Waals surface area contributed by atoms with Gasteiger partial charge in [-0.25, -0.2) is 4.79 Å². The number of anilines is 1. The summed E-state index contributed by atoms with van der Waals surface area (Å²) in [4.78, 5) is 14.4. The van der Waals surface area contributed by atoms with Gasteiger partial charge in [-0.15, -0.1) is 0 Å². The molecule has 2 aromatic rings. The van der Waals surface area contributed by atoms with Gasteiger partial charge in [0.05, 0.1) is 12.8 Å². The minimum Gasteiger partial charge on any atom is -0.467 e. The molecule has 6 heteroatoms. The van der Waals surface area contributed by atoms with Gasteiger partial charge in [-0.3, -0.25) is 0 Å². The van der Waals surface area contributed by atoms with E-state index in [9.17, 15) is 9.90 Å². The second-order valence-corrected chi connectivity index (χ2v) is 6.51. The summed E-state index contributed by atoms with van der Waals surface area (Å²) >= 11 is 0. The van der Waals surface area contributed by atoms with Gasteiger partial charge >= 0.3 is 6.03 Å². The third kappa shape index (κ3) is 4.76. The van der Waals surface area contributed by atoms with E-state index in [4.69, 9.17) is 4.42 Å². The van der Waals surface area contributed by atoms with E-state index in [0.717, 1.165) is 25.9 Å². The average molecular weight is 343 g/mol. The molecule has 3 N–H and O–H groups in total. The number of hydrogen-bond acceptors (Lipinski definition) is 4. The lowest BCUT2D eigenvalue weighted by molar-refractivity contribution is 0.147. The number of furan rings is 1. The summed E-state index contributed by atoms with van der Waals surface area (Å²) in [6.07, 6.45) is 2.65. The number of benzene rings is 1. The van der Waals surface area contributed by atoms with Crippen LogP contribution in [0.1, 0.15) is 30.3 Å². The van der Waals surface area contributed by atoms with E-state index in [1.807, 2.05) is 0 Å². The first kappa shape index (κ1) is 17.4. The maximum absolute atomic E-state index is 12.1. The van der Waals surface area contributed by atoms with Crippen LogP contribution in [0.25, 0.3) is 0 Å². The Bertz CT molecular complexity index is 670. The fourth-order valence-electron chi connectivity index (χ4n) is 3.09. The number of hydrogen-bond donors (Lipinski definition) is 3. The van der Waals surface area contributed by atoms with Crippen LogP contribution >= 0.6 is 0 Å². The normalized spacial score (nSPS) is 18.6. The van der Waals surface area contributed by atoms with Crippen molar-refractivity contribution in [2.75, 3.05) is 24.5 Å². The molecule has 3 rings (SSSR count). The van der Waals surface area contributed by atoms with Crippen molar-refractivity contribution in [3.8, 4) is 0 Å². The zero-order valence-corrected chi connectivity index (χ0v) is 14.4. The third-order valence-electron chi connectivity index (χ3n) is 4.48. The number of aryl methyl sites for hydroxylation is 1. The Hall–Kier alpha value is -2.47. The fourth-order valence-corrected chi connectivity index (χ4v) is 3.09. The lowest BCUT2D eigenvalue weighted by Crippen LogP contribution is -2.51. The molecule has 1 fully saturated rings. The van der Waals surface area contributed by atoms with Crippen molar-refractivity contribution >= 4 is 11.7 Å². The fraction of sp³-hybridized carbons (Fsp3) is 0.421. The van der Waals surface area contributed by atoms with Crippen LogP contribution in [-0.2, 0) is 0 Å². The molecule has 2 atom stereocenters. The summed E-state index contributed by atoms with van der Waals surface area (Å²) in [5.41, 5.74) is 2.43. The molecule has 0 aliphatic carbocycles. The SMILES string of the molecule is Cc1ccc(N2CCCC(NC(=O)NCC(O)c3ccco3)C2)cc1. The van der Waals surface area contributed by atoms with Gasteiger partial charge in [-0.05, 0) is 44.0 Å². The summed E-state index contributed by atoms with van der Waals surface area (Å²) < 4.78 is 5.12. The van der Waals surface area contributed by atoms with E-state index in [1.54, 1.807) is 12.1 Å². The topological polar surface area (TPSA) is 77.7 Å². The first-order chi connectivity index (χ1) is 12.1. The number of rotatable bonds is 5. The highest BCUT2D eigenvalue weighted by Gasteiger charge is 2.22. The molecule has 0 radical (unpaired) electrons. The van der Waals surface area contributed by atoms with Crippen molar-refractivity contribution in [1.82, 2.24) is 10.6 Å². The lowest BCUT2D eigenvalue weighted by atomic mass is 10.0. The largest absolute Gasteiger partial charge is 0.467 e. The van der Waals surface area contributed by atoms with Gasteiger partial charge in [0.15, 0.2) is 0 Å². The summed E-state index contributed by atoms with van der Waals surface area (Å²) in [6, 6.07) is 11.7. The molecular formula is C19H25N3O3. The molecule has 2 unspecified atom stereocenters. The zero-order valence-electron chi connectivity index (χ0n) is 14.4. The Balaban J connectivity index is 1.47.